The molecule has 6 heteroatoms. The van der Waals surface area contributed by atoms with Crippen LogP contribution >= 0.6 is 0 Å². The Balaban J connectivity index is 0.00000180. The molecule has 0 saturated heterocycles. The van der Waals surface area contributed by atoms with Gasteiger partial charge in [0, 0.05) is 29.6 Å². The van der Waals surface area contributed by atoms with Crippen molar-refractivity contribution in [2.75, 3.05) is 5.73 Å². The first-order valence-electron chi connectivity index (χ1n) is 5.37. The Morgan fingerprint density at radius 3 is 2.11 bits per heavy atom. The zero-order valence-corrected chi connectivity index (χ0v) is 13.8. The van der Waals surface area contributed by atoms with Crippen LogP contribution in [0.15, 0.2) is 59.5 Å². The molecule has 0 bridgehead atoms. The van der Waals surface area contributed by atoms with E-state index in [-0.39, 0.29) is 35.4 Å². The third-order valence-corrected chi connectivity index (χ3v) is 3.67. The standard InChI is InChI=1S/C13H13NO3S.Sn/c14-12-6-8-13(9-7-12)18(15,16)17-10-11-4-2-1-3-5-11;/h1-9H,10,14H2;. The molecule has 4 radical (unpaired) electrons. The summed E-state index contributed by atoms with van der Waals surface area (Å²) in [4.78, 5) is 0.104. The second kappa shape index (κ2) is 6.93. The first kappa shape index (κ1) is 16.0. The fourth-order valence-electron chi connectivity index (χ4n) is 1.42. The summed E-state index contributed by atoms with van der Waals surface area (Å²) in [6.45, 7) is 0.0214. The van der Waals surface area contributed by atoms with Crippen LogP contribution in [-0.2, 0) is 20.9 Å². The van der Waals surface area contributed by atoms with Gasteiger partial charge >= 0.3 is 0 Å². The van der Waals surface area contributed by atoms with Crippen LogP contribution in [0.3, 0.4) is 0 Å². The van der Waals surface area contributed by atoms with Crippen molar-refractivity contribution in [3.63, 3.8) is 0 Å². The Labute approximate surface area is 129 Å². The topological polar surface area (TPSA) is 69.4 Å². The molecule has 0 aliphatic rings. The first-order chi connectivity index (χ1) is 8.58. The van der Waals surface area contributed by atoms with E-state index in [4.69, 9.17) is 9.92 Å². The van der Waals surface area contributed by atoms with Gasteiger partial charge in [0.2, 0.25) is 0 Å². The molecule has 0 aromatic heterocycles. The van der Waals surface area contributed by atoms with Gasteiger partial charge in [-0.15, -0.1) is 0 Å². The Bertz CT molecular complexity index is 612. The number of hydrogen-bond donors (Lipinski definition) is 1. The van der Waals surface area contributed by atoms with Gasteiger partial charge in [-0.3, -0.25) is 4.18 Å². The van der Waals surface area contributed by atoms with Crippen molar-refractivity contribution in [3.05, 3.63) is 60.2 Å². The summed E-state index contributed by atoms with van der Waals surface area (Å²) >= 11 is 0. The summed E-state index contributed by atoms with van der Waals surface area (Å²) < 4.78 is 28.7. The fraction of sp³-hybridized carbons (Fsp3) is 0.0769. The van der Waals surface area contributed by atoms with Crippen molar-refractivity contribution >= 4 is 39.7 Å². The molecule has 0 saturated carbocycles. The van der Waals surface area contributed by atoms with Crippen molar-refractivity contribution in [1.29, 1.82) is 0 Å². The number of hydrogen-bond acceptors (Lipinski definition) is 4. The Kier molecular flexibility index (Phi) is 5.83. The van der Waals surface area contributed by atoms with E-state index in [1.54, 1.807) is 12.1 Å². The molecule has 0 aliphatic heterocycles. The summed E-state index contributed by atoms with van der Waals surface area (Å²) in [6, 6.07) is 15.0. The zero-order chi connectivity index (χ0) is 13.0. The van der Waals surface area contributed by atoms with Gasteiger partial charge in [0.05, 0.1) is 11.5 Å². The van der Waals surface area contributed by atoms with Gasteiger partial charge in [-0.25, -0.2) is 0 Å². The SMILES string of the molecule is Nc1ccc(S(=O)(=O)OCc2ccccc2)cc1.[Sn]. The van der Waals surface area contributed by atoms with Crippen LogP contribution in [0.25, 0.3) is 0 Å². The van der Waals surface area contributed by atoms with Crippen molar-refractivity contribution in [2.24, 2.45) is 0 Å². The fourth-order valence-corrected chi connectivity index (χ4v) is 2.32. The van der Waals surface area contributed by atoms with E-state index in [1.807, 2.05) is 18.2 Å². The predicted octanol–water partition coefficient (Wildman–Crippen LogP) is 1.79. The molecule has 0 aliphatic carbocycles. The average Bonchev–Trinajstić information content (AvgIpc) is 2.38. The molecule has 2 N–H and O–H groups in total. The molecule has 4 nitrogen and oxygen atoms in total. The van der Waals surface area contributed by atoms with Gasteiger partial charge < -0.3 is 5.73 Å². The second-order valence-corrected chi connectivity index (χ2v) is 5.39. The molecule has 0 unspecified atom stereocenters. The van der Waals surface area contributed by atoms with Gasteiger partial charge in [-0.05, 0) is 29.8 Å². The summed E-state index contributed by atoms with van der Waals surface area (Å²) in [6.07, 6.45) is 0. The minimum absolute atomic E-state index is 0. The van der Waals surface area contributed by atoms with E-state index < -0.39 is 10.1 Å². The van der Waals surface area contributed by atoms with Gasteiger partial charge in [0.25, 0.3) is 10.1 Å². The largest absolute Gasteiger partial charge is 0.399 e. The Hall–Kier alpha value is -1.05. The van der Waals surface area contributed by atoms with E-state index in [2.05, 4.69) is 0 Å². The quantitative estimate of drug-likeness (QED) is 0.498. The maximum absolute atomic E-state index is 11.9. The number of rotatable bonds is 4. The van der Waals surface area contributed by atoms with Gasteiger partial charge in [-0.1, -0.05) is 30.3 Å². The van der Waals surface area contributed by atoms with E-state index in [0.29, 0.717) is 5.69 Å². The number of anilines is 1. The molecule has 0 heterocycles. The molecular formula is C13H13NO3SSn. The monoisotopic (exact) mass is 383 g/mol. The molecule has 2 aromatic rings. The van der Waals surface area contributed by atoms with Crippen LogP contribution in [0.5, 0.6) is 0 Å². The molecule has 0 spiro atoms. The minimum atomic E-state index is -3.73. The zero-order valence-electron chi connectivity index (χ0n) is 10.1. The van der Waals surface area contributed by atoms with E-state index in [1.165, 1.54) is 24.3 Å². The number of nitrogen functional groups attached to an aromatic ring is 1. The predicted molar refractivity (Wildman–Crippen MR) is 75.0 cm³/mol. The first-order valence-corrected chi connectivity index (χ1v) is 6.78. The van der Waals surface area contributed by atoms with Gasteiger partial charge in [0.1, 0.15) is 0 Å². The van der Waals surface area contributed by atoms with E-state index >= 15 is 0 Å². The van der Waals surface area contributed by atoms with E-state index in [9.17, 15) is 8.42 Å². The summed E-state index contributed by atoms with van der Waals surface area (Å²) in [5.74, 6) is 0. The average molecular weight is 382 g/mol. The second-order valence-electron chi connectivity index (χ2n) is 3.77. The van der Waals surface area contributed by atoms with Crippen molar-refractivity contribution in [3.8, 4) is 0 Å². The van der Waals surface area contributed by atoms with Gasteiger partial charge in [0.15, 0.2) is 0 Å². The summed E-state index contributed by atoms with van der Waals surface area (Å²) in [5.41, 5.74) is 6.81. The third-order valence-electron chi connectivity index (χ3n) is 2.39. The van der Waals surface area contributed by atoms with Gasteiger partial charge in [-0.2, -0.15) is 8.42 Å². The van der Waals surface area contributed by atoms with Crippen LogP contribution in [0.1, 0.15) is 5.56 Å². The molecule has 0 amide bonds. The van der Waals surface area contributed by atoms with Crippen LogP contribution in [-0.4, -0.2) is 32.3 Å². The Morgan fingerprint density at radius 1 is 0.947 bits per heavy atom. The van der Waals surface area contributed by atoms with E-state index in [0.717, 1.165) is 5.56 Å². The summed E-state index contributed by atoms with van der Waals surface area (Å²) in [7, 11) is -3.73. The third kappa shape index (κ3) is 4.52. The normalized spacial score (nSPS) is 10.7. The van der Waals surface area contributed by atoms with Crippen molar-refractivity contribution in [1.82, 2.24) is 0 Å². The van der Waals surface area contributed by atoms with Crippen LogP contribution in [0, 0.1) is 0 Å². The number of nitrogens with two attached hydrogens (primary N) is 1. The molecule has 0 fully saturated rings. The van der Waals surface area contributed by atoms with Crippen LogP contribution in [0.4, 0.5) is 5.69 Å². The summed E-state index contributed by atoms with van der Waals surface area (Å²) in [5, 5.41) is 0. The molecule has 2 aromatic carbocycles. The van der Waals surface area contributed by atoms with Crippen molar-refractivity contribution < 1.29 is 12.6 Å². The maximum atomic E-state index is 11.9. The molecule has 19 heavy (non-hydrogen) atoms. The Morgan fingerprint density at radius 2 is 1.53 bits per heavy atom. The molecule has 0 atom stereocenters. The molecule has 98 valence electrons. The van der Waals surface area contributed by atoms with Crippen LogP contribution < -0.4 is 5.73 Å². The molecular weight excluding hydrogens is 369 g/mol. The van der Waals surface area contributed by atoms with Crippen LogP contribution in [0.2, 0.25) is 0 Å². The number of benzene rings is 2. The minimum Gasteiger partial charge on any atom is -0.399 e. The smallest absolute Gasteiger partial charge is 0.297 e. The maximum Gasteiger partial charge on any atom is 0.297 e. The van der Waals surface area contributed by atoms with Crippen molar-refractivity contribution in [2.45, 2.75) is 11.5 Å². The molecule has 2 rings (SSSR count).